The molecule has 20 heavy (non-hydrogen) atoms. The maximum Gasteiger partial charge on any atom is 0.122 e. The summed E-state index contributed by atoms with van der Waals surface area (Å²) in [5, 5.41) is 13.5. The molecule has 112 valence electrons. The average molecular weight is 277 g/mol. The smallest absolute Gasteiger partial charge is 0.122 e. The van der Waals surface area contributed by atoms with Crippen LogP contribution in [0.1, 0.15) is 38.2 Å². The third-order valence-electron chi connectivity index (χ3n) is 4.31. The van der Waals surface area contributed by atoms with E-state index in [1.54, 1.807) is 0 Å². The fraction of sp³-hybridized carbons (Fsp3) is 0.647. The number of hydrogen-bond acceptors (Lipinski definition) is 3. The van der Waals surface area contributed by atoms with Crippen LogP contribution in [0.3, 0.4) is 0 Å². The van der Waals surface area contributed by atoms with Gasteiger partial charge in [0.05, 0.1) is 0 Å². The minimum Gasteiger partial charge on any atom is -0.491 e. The Morgan fingerprint density at radius 1 is 1.30 bits per heavy atom. The van der Waals surface area contributed by atoms with Gasteiger partial charge in [-0.25, -0.2) is 0 Å². The van der Waals surface area contributed by atoms with Crippen LogP contribution in [0.4, 0.5) is 0 Å². The van der Waals surface area contributed by atoms with Crippen LogP contribution in [0.2, 0.25) is 0 Å². The van der Waals surface area contributed by atoms with Crippen molar-refractivity contribution in [2.45, 2.75) is 51.7 Å². The van der Waals surface area contributed by atoms with Crippen LogP contribution in [-0.2, 0) is 0 Å². The van der Waals surface area contributed by atoms with E-state index in [1.807, 2.05) is 31.2 Å². The number of aryl methyl sites for hydroxylation is 1. The van der Waals surface area contributed by atoms with Gasteiger partial charge in [0.2, 0.25) is 0 Å². The van der Waals surface area contributed by atoms with Crippen molar-refractivity contribution < 1.29 is 9.84 Å². The van der Waals surface area contributed by atoms with E-state index in [4.69, 9.17) is 4.74 Å². The molecule has 0 aliphatic heterocycles. The number of para-hydroxylation sites is 1. The maximum atomic E-state index is 10.0. The van der Waals surface area contributed by atoms with Gasteiger partial charge in [-0.3, -0.25) is 0 Å². The minimum absolute atomic E-state index is 0.342. The van der Waals surface area contributed by atoms with E-state index in [0.29, 0.717) is 19.2 Å². The van der Waals surface area contributed by atoms with Gasteiger partial charge in [-0.2, -0.15) is 0 Å². The average Bonchev–Trinajstić information content (AvgIpc) is 2.98. The predicted molar refractivity (Wildman–Crippen MR) is 82.1 cm³/mol. The van der Waals surface area contributed by atoms with E-state index in [2.05, 4.69) is 12.2 Å². The van der Waals surface area contributed by atoms with Gasteiger partial charge in [-0.1, -0.05) is 31.0 Å². The summed E-state index contributed by atoms with van der Waals surface area (Å²) in [6.45, 7) is 5.19. The minimum atomic E-state index is -0.460. The molecule has 3 nitrogen and oxygen atoms in total. The lowest BCUT2D eigenvalue weighted by atomic mass is 10.00. The van der Waals surface area contributed by atoms with E-state index in [9.17, 15) is 5.11 Å². The first kappa shape index (κ1) is 15.3. The monoisotopic (exact) mass is 277 g/mol. The quantitative estimate of drug-likeness (QED) is 0.805. The maximum absolute atomic E-state index is 10.0. The second-order valence-electron chi connectivity index (χ2n) is 5.97. The molecule has 3 heteroatoms. The van der Waals surface area contributed by atoms with Gasteiger partial charge in [0.15, 0.2) is 0 Å². The van der Waals surface area contributed by atoms with Crippen LogP contribution in [-0.4, -0.2) is 30.4 Å². The molecule has 1 unspecified atom stereocenters. The summed E-state index contributed by atoms with van der Waals surface area (Å²) < 4.78 is 5.67. The Morgan fingerprint density at radius 3 is 2.70 bits per heavy atom. The largest absolute Gasteiger partial charge is 0.491 e. The van der Waals surface area contributed by atoms with Crippen LogP contribution in [0.15, 0.2) is 24.3 Å². The summed E-state index contributed by atoms with van der Waals surface area (Å²) in [6.07, 6.45) is 4.90. The summed E-state index contributed by atoms with van der Waals surface area (Å²) in [5.41, 5.74) is 1.10. The van der Waals surface area contributed by atoms with Crippen molar-refractivity contribution in [3.05, 3.63) is 29.8 Å². The highest BCUT2D eigenvalue weighted by Crippen LogP contribution is 2.27. The molecule has 1 aromatic rings. The fourth-order valence-corrected chi connectivity index (χ4v) is 2.91. The molecular formula is C17H27NO2. The summed E-state index contributed by atoms with van der Waals surface area (Å²) in [6, 6.07) is 8.39. The number of aliphatic hydroxyl groups excluding tert-OH is 1. The summed E-state index contributed by atoms with van der Waals surface area (Å²) in [7, 11) is 0. The molecule has 0 bridgehead atoms. The molecule has 0 aromatic heterocycles. The highest BCUT2D eigenvalue weighted by Gasteiger charge is 2.21. The summed E-state index contributed by atoms with van der Waals surface area (Å²) in [5.74, 6) is 1.63. The van der Waals surface area contributed by atoms with E-state index in [1.165, 1.54) is 25.7 Å². The van der Waals surface area contributed by atoms with Gasteiger partial charge in [0, 0.05) is 12.6 Å². The van der Waals surface area contributed by atoms with E-state index in [-0.39, 0.29) is 0 Å². The molecule has 0 radical (unpaired) electrons. The van der Waals surface area contributed by atoms with Gasteiger partial charge in [0.1, 0.15) is 18.5 Å². The lowest BCUT2D eigenvalue weighted by molar-refractivity contribution is 0.101. The van der Waals surface area contributed by atoms with Gasteiger partial charge >= 0.3 is 0 Å². The Morgan fingerprint density at radius 2 is 2.00 bits per heavy atom. The van der Waals surface area contributed by atoms with Gasteiger partial charge in [-0.05, 0) is 44.2 Å². The molecular weight excluding hydrogens is 250 g/mol. The first-order valence-electron chi connectivity index (χ1n) is 7.76. The molecule has 0 amide bonds. The third kappa shape index (κ3) is 4.50. The van der Waals surface area contributed by atoms with E-state index in [0.717, 1.165) is 17.2 Å². The topological polar surface area (TPSA) is 41.5 Å². The summed E-state index contributed by atoms with van der Waals surface area (Å²) >= 11 is 0. The van der Waals surface area contributed by atoms with Crippen molar-refractivity contribution in [1.82, 2.24) is 5.32 Å². The fourth-order valence-electron chi connectivity index (χ4n) is 2.91. The number of ether oxygens (including phenoxy) is 1. The highest BCUT2D eigenvalue weighted by atomic mass is 16.5. The molecule has 0 heterocycles. The Bertz CT molecular complexity index is 402. The Kier molecular flexibility index (Phi) is 5.86. The first-order chi connectivity index (χ1) is 9.66. The molecule has 2 atom stereocenters. The molecule has 0 saturated heterocycles. The molecule has 2 N–H and O–H groups in total. The number of aliphatic hydroxyl groups is 1. The highest BCUT2D eigenvalue weighted by molar-refractivity contribution is 5.31. The number of benzene rings is 1. The van der Waals surface area contributed by atoms with Crippen LogP contribution in [0, 0.1) is 12.8 Å². The molecule has 1 saturated carbocycles. The zero-order valence-corrected chi connectivity index (χ0v) is 12.6. The Labute approximate surface area is 122 Å². The van der Waals surface area contributed by atoms with Crippen molar-refractivity contribution in [2.75, 3.05) is 13.2 Å². The molecule has 1 fully saturated rings. The second kappa shape index (κ2) is 7.65. The number of rotatable bonds is 7. The van der Waals surface area contributed by atoms with Crippen molar-refractivity contribution in [3.8, 4) is 5.75 Å². The second-order valence-corrected chi connectivity index (χ2v) is 5.97. The van der Waals surface area contributed by atoms with Crippen LogP contribution in [0.25, 0.3) is 0 Å². The van der Waals surface area contributed by atoms with Crippen LogP contribution in [0.5, 0.6) is 5.75 Å². The first-order valence-corrected chi connectivity index (χ1v) is 7.76. The van der Waals surface area contributed by atoms with Crippen molar-refractivity contribution >= 4 is 0 Å². The molecule has 2 rings (SSSR count). The van der Waals surface area contributed by atoms with E-state index >= 15 is 0 Å². The SMILES string of the molecule is Cc1ccccc1OCC(O)CN[C@H](C)C1CCCC1. The van der Waals surface area contributed by atoms with Gasteiger partial charge in [0.25, 0.3) is 0 Å². The standard InChI is InChI=1S/C17H27NO2/c1-13-7-3-6-10-17(13)20-12-16(19)11-18-14(2)15-8-4-5-9-15/h3,6-7,10,14-16,18-19H,4-5,8-9,11-12H2,1-2H3/t14-,16?/m1/s1. The number of hydrogen-bond donors (Lipinski definition) is 2. The normalized spacial score (nSPS) is 18.9. The zero-order chi connectivity index (χ0) is 14.4. The predicted octanol–water partition coefficient (Wildman–Crippen LogP) is 2.90. The lowest BCUT2D eigenvalue weighted by Crippen LogP contribution is -2.39. The van der Waals surface area contributed by atoms with Crippen LogP contribution >= 0.6 is 0 Å². The molecule has 0 spiro atoms. The Hall–Kier alpha value is -1.06. The van der Waals surface area contributed by atoms with Gasteiger partial charge in [-0.15, -0.1) is 0 Å². The zero-order valence-electron chi connectivity index (χ0n) is 12.6. The molecule has 1 aromatic carbocycles. The lowest BCUT2D eigenvalue weighted by Gasteiger charge is -2.22. The van der Waals surface area contributed by atoms with Crippen molar-refractivity contribution in [2.24, 2.45) is 5.92 Å². The molecule has 1 aliphatic carbocycles. The summed E-state index contributed by atoms with van der Waals surface area (Å²) in [4.78, 5) is 0. The van der Waals surface area contributed by atoms with Crippen LogP contribution < -0.4 is 10.1 Å². The van der Waals surface area contributed by atoms with Crippen molar-refractivity contribution in [1.29, 1.82) is 0 Å². The third-order valence-corrected chi connectivity index (χ3v) is 4.31. The number of nitrogens with one attached hydrogen (secondary N) is 1. The Balaban J connectivity index is 1.67. The van der Waals surface area contributed by atoms with E-state index < -0.39 is 6.10 Å². The van der Waals surface area contributed by atoms with Gasteiger partial charge < -0.3 is 15.2 Å². The van der Waals surface area contributed by atoms with Crippen molar-refractivity contribution in [3.63, 3.8) is 0 Å². The molecule has 1 aliphatic rings.